The Morgan fingerprint density at radius 3 is 2.62 bits per heavy atom. The standard InChI is InChI=1S/C16H23N5O3/c1-10-3-7-16(8-4-10)13(22)21(14(23)19-16)9-11-18-12(20-24-11)15(17)5-2-6-15/h10H,2-9,17H2,1H3,(H,19,23). The highest BCUT2D eigenvalue weighted by Gasteiger charge is 2.52. The average molecular weight is 333 g/mol. The average Bonchev–Trinajstić information content (AvgIpc) is 3.08. The molecule has 1 aliphatic heterocycles. The quantitative estimate of drug-likeness (QED) is 0.808. The number of hydrogen-bond acceptors (Lipinski definition) is 6. The van der Waals surface area contributed by atoms with Crippen molar-refractivity contribution in [1.29, 1.82) is 0 Å². The Kier molecular flexibility index (Phi) is 3.42. The van der Waals surface area contributed by atoms with Crippen LogP contribution in [0.1, 0.15) is 63.6 Å². The molecule has 2 saturated carbocycles. The van der Waals surface area contributed by atoms with Crippen molar-refractivity contribution in [3.63, 3.8) is 0 Å². The van der Waals surface area contributed by atoms with E-state index >= 15 is 0 Å². The molecule has 3 amide bonds. The summed E-state index contributed by atoms with van der Waals surface area (Å²) < 4.78 is 5.22. The molecule has 1 spiro atoms. The summed E-state index contributed by atoms with van der Waals surface area (Å²) in [6.45, 7) is 2.18. The first-order chi connectivity index (χ1) is 11.4. The van der Waals surface area contributed by atoms with Crippen molar-refractivity contribution >= 4 is 11.9 Å². The van der Waals surface area contributed by atoms with Crippen molar-refractivity contribution in [2.75, 3.05) is 0 Å². The van der Waals surface area contributed by atoms with Crippen molar-refractivity contribution in [1.82, 2.24) is 20.4 Å². The van der Waals surface area contributed by atoms with Crippen molar-refractivity contribution in [3.05, 3.63) is 11.7 Å². The van der Waals surface area contributed by atoms with E-state index in [1.165, 1.54) is 4.90 Å². The first kappa shape index (κ1) is 15.6. The fraction of sp³-hybridized carbons (Fsp3) is 0.750. The van der Waals surface area contributed by atoms with E-state index in [2.05, 4.69) is 22.4 Å². The second-order valence-corrected chi connectivity index (χ2v) is 7.61. The van der Waals surface area contributed by atoms with Crippen molar-refractivity contribution in [2.24, 2.45) is 11.7 Å². The van der Waals surface area contributed by atoms with Crippen molar-refractivity contribution in [2.45, 2.75) is 69.5 Å². The molecule has 3 fully saturated rings. The van der Waals surface area contributed by atoms with E-state index in [-0.39, 0.29) is 24.4 Å². The number of imide groups is 1. The van der Waals surface area contributed by atoms with E-state index in [1.807, 2.05) is 0 Å². The molecule has 2 heterocycles. The molecule has 2 aliphatic carbocycles. The van der Waals surface area contributed by atoms with E-state index in [0.29, 0.717) is 24.6 Å². The van der Waals surface area contributed by atoms with Gasteiger partial charge in [-0.05, 0) is 50.9 Å². The maximum atomic E-state index is 12.8. The number of amides is 3. The zero-order chi connectivity index (χ0) is 16.9. The molecule has 24 heavy (non-hydrogen) atoms. The zero-order valence-electron chi connectivity index (χ0n) is 13.9. The molecule has 0 bridgehead atoms. The number of urea groups is 1. The summed E-state index contributed by atoms with van der Waals surface area (Å²) in [6, 6.07) is -0.375. The first-order valence-corrected chi connectivity index (χ1v) is 8.68. The summed E-state index contributed by atoms with van der Waals surface area (Å²) in [6.07, 6.45) is 5.98. The third-order valence-electron chi connectivity index (χ3n) is 5.83. The highest BCUT2D eigenvalue weighted by atomic mass is 16.5. The number of nitrogens with one attached hydrogen (secondary N) is 1. The van der Waals surface area contributed by atoms with Gasteiger partial charge in [0.05, 0.1) is 5.54 Å². The van der Waals surface area contributed by atoms with Crippen LogP contribution in [-0.2, 0) is 16.9 Å². The van der Waals surface area contributed by atoms with Crippen LogP contribution in [0.5, 0.6) is 0 Å². The van der Waals surface area contributed by atoms with Gasteiger partial charge in [0.15, 0.2) is 5.82 Å². The van der Waals surface area contributed by atoms with Gasteiger partial charge in [0.1, 0.15) is 12.1 Å². The van der Waals surface area contributed by atoms with Crippen LogP contribution in [0.2, 0.25) is 0 Å². The van der Waals surface area contributed by atoms with E-state index in [1.54, 1.807) is 0 Å². The van der Waals surface area contributed by atoms with E-state index in [4.69, 9.17) is 10.3 Å². The Morgan fingerprint density at radius 2 is 2.00 bits per heavy atom. The monoisotopic (exact) mass is 333 g/mol. The lowest BCUT2D eigenvalue weighted by Crippen LogP contribution is -2.49. The van der Waals surface area contributed by atoms with Crippen LogP contribution in [0.4, 0.5) is 4.79 Å². The fourth-order valence-electron chi connectivity index (χ4n) is 3.85. The van der Waals surface area contributed by atoms with Crippen LogP contribution < -0.4 is 11.1 Å². The van der Waals surface area contributed by atoms with Gasteiger partial charge in [0, 0.05) is 0 Å². The number of aromatic nitrogens is 2. The van der Waals surface area contributed by atoms with Crippen LogP contribution in [-0.4, -0.2) is 32.5 Å². The number of hydrogen-bond donors (Lipinski definition) is 2. The molecule has 0 unspecified atom stereocenters. The maximum Gasteiger partial charge on any atom is 0.325 e. The van der Waals surface area contributed by atoms with Crippen LogP contribution in [0.15, 0.2) is 4.52 Å². The lowest BCUT2D eigenvalue weighted by Gasteiger charge is -2.34. The van der Waals surface area contributed by atoms with Crippen LogP contribution in [0.3, 0.4) is 0 Å². The molecule has 0 radical (unpaired) electrons. The van der Waals surface area contributed by atoms with E-state index < -0.39 is 11.1 Å². The van der Waals surface area contributed by atoms with Crippen molar-refractivity contribution in [3.8, 4) is 0 Å². The molecule has 0 aromatic carbocycles. The second kappa shape index (κ2) is 5.27. The summed E-state index contributed by atoms with van der Waals surface area (Å²) in [7, 11) is 0. The van der Waals surface area contributed by atoms with E-state index in [9.17, 15) is 9.59 Å². The lowest BCUT2D eigenvalue weighted by molar-refractivity contribution is -0.133. The van der Waals surface area contributed by atoms with Gasteiger partial charge < -0.3 is 15.6 Å². The second-order valence-electron chi connectivity index (χ2n) is 7.61. The van der Waals surface area contributed by atoms with Gasteiger partial charge in [-0.1, -0.05) is 12.1 Å². The fourth-order valence-corrected chi connectivity index (χ4v) is 3.85. The summed E-state index contributed by atoms with van der Waals surface area (Å²) >= 11 is 0. The van der Waals surface area contributed by atoms with Gasteiger partial charge in [-0.3, -0.25) is 9.69 Å². The predicted molar refractivity (Wildman–Crippen MR) is 83.5 cm³/mol. The minimum absolute atomic E-state index is 0.00501. The third kappa shape index (κ3) is 2.31. The van der Waals surface area contributed by atoms with Gasteiger partial charge in [0.25, 0.3) is 5.91 Å². The first-order valence-electron chi connectivity index (χ1n) is 8.68. The Bertz CT molecular complexity index is 673. The van der Waals surface area contributed by atoms with Gasteiger partial charge >= 0.3 is 6.03 Å². The Labute approximate surface area is 140 Å². The molecule has 4 rings (SSSR count). The van der Waals surface area contributed by atoms with Gasteiger partial charge in [-0.15, -0.1) is 0 Å². The van der Waals surface area contributed by atoms with Gasteiger partial charge in [-0.25, -0.2) is 4.79 Å². The normalized spacial score (nSPS) is 32.1. The number of nitrogens with zero attached hydrogens (tertiary/aromatic N) is 3. The largest absolute Gasteiger partial charge is 0.337 e. The molecule has 0 atom stereocenters. The Hall–Kier alpha value is -1.96. The lowest BCUT2D eigenvalue weighted by atomic mass is 9.77. The van der Waals surface area contributed by atoms with E-state index in [0.717, 1.165) is 32.1 Å². The van der Waals surface area contributed by atoms with Gasteiger partial charge in [-0.2, -0.15) is 4.98 Å². The molecule has 3 N–H and O–H groups in total. The minimum Gasteiger partial charge on any atom is -0.337 e. The number of rotatable bonds is 3. The predicted octanol–water partition coefficient (Wildman–Crippen LogP) is 1.41. The SMILES string of the molecule is CC1CCC2(CC1)NC(=O)N(Cc1nc(C3(N)CCC3)no1)C2=O. The molecular formula is C16H23N5O3. The zero-order valence-corrected chi connectivity index (χ0v) is 13.9. The number of carbonyl (C=O) groups is 2. The molecule has 8 heteroatoms. The topological polar surface area (TPSA) is 114 Å². The van der Waals surface area contributed by atoms with Gasteiger partial charge in [0.2, 0.25) is 5.89 Å². The highest BCUT2D eigenvalue weighted by molar-refractivity contribution is 6.06. The molecule has 1 aromatic rings. The molecule has 1 aromatic heterocycles. The Morgan fingerprint density at radius 1 is 1.29 bits per heavy atom. The molecule has 8 nitrogen and oxygen atoms in total. The third-order valence-corrected chi connectivity index (χ3v) is 5.83. The number of carbonyl (C=O) groups excluding carboxylic acids is 2. The summed E-state index contributed by atoms with van der Waals surface area (Å²) in [5.74, 6) is 1.14. The van der Waals surface area contributed by atoms with Crippen LogP contribution in [0, 0.1) is 5.92 Å². The Balaban J connectivity index is 1.49. The smallest absolute Gasteiger partial charge is 0.325 e. The number of nitrogens with two attached hydrogens (primary N) is 1. The molecule has 3 aliphatic rings. The summed E-state index contributed by atoms with van der Waals surface area (Å²) in [4.78, 5) is 30.6. The van der Waals surface area contributed by atoms with Crippen LogP contribution >= 0.6 is 0 Å². The van der Waals surface area contributed by atoms with Crippen molar-refractivity contribution < 1.29 is 14.1 Å². The summed E-state index contributed by atoms with van der Waals surface area (Å²) in [5.41, 5.74) is 4.93. The minimum atomic E-state index is -0.741. The maximum absolute atomic E-state index is 12.8. The molecular weight excluding hydrogens is 310 g/mol. The van der Waals surface area contributed by atoms with Crippen LogP contribution in [0.25, 0.3) is 0 Å². The summed E-state index contributed by atoms with van der Waals surface area (Å²) in [5, 5.41) is 6.83. The molecule has 1 saturated heterocycles. The highest BCUT2D eigenvalue weighted by Crippen LogP contribution is 2.38. The molecule has 130 valence electrons.